The van der Waals surface area contributed by atoms with Crippen LogP contribution in [0.3, 0.4) is 0 Å². The lowest BCUT2D eigenvalue weighted by Gasteiger charge is -2.22. The average molecular weight is 323 g/mol. The second-order valence-corrected chi connectivity index (χ2v) is 6.56. The van der Waals surface area contributed by atoms with Crippen molar-refractivity contribution in [3.8, 4) is 0 Å². The van der Waals surface area contributed by atoms with Gasteiger partial charge in [0.15, 0.2) is 5.82 Å². The van der Waals surface area contributed by atoms with Gasteiger partial charge >= 0.3 is 0 Å². The highest BCUT2D eigenvalue weighted by molar-refractivity contribution is 6.05. The fourth-order valence-corrected chi connectivity index (χ4v) is 3.46. The fourth-order valence-electron chi connectivity index (χ4n) is 3.46. The van der Waals surface area contributed by atoms with E-state index >= 15 is 0 Å². The van der Waals surface area contributed by atoms with Crippen LogP contribution < -0.4 is 0 Å². The van der Waals surface area contributed by atoms with Gasteiger partial charge in [0, 0.05) is 17.8 Å². The van der Waals surface area contributed by atoms with Gasteiger partial charge in [0.05, 0.1) is 23.3 Å². The Bertz CT molecular complexity index is 910. The van der Waals surface area contributed by atoms with E-state index in [4.69, 9.17) is 4.52 Å². The fraction of sp³-hybridized carbons (Fsp3) is 0.412. The van der Waals surface area contributed by atoms with Gasteiger partial charge < -0.3 is 9.42 Å². The van der Waals surface area contributed by atoms with Gasteiger partial charge in [-0.1, -0.05) is 17.3 Å². The van der Waals surface area contributed by atoms with E-state index < -0.39 is 0 Å². The van der Waals surface area contributed by atoms with E-state index in [1.165, 1.54) is 0 Å². The molecule has 0 radical (unpaired) electrons. The number of nitrogens with one attached hydrogen (secondary N) is 1. The zero-order valence-electron chi connectivity index (χ0n) is 13.1. The van der Waals surface area contributed by atoms with Crippen LogP contribution in [0.15, 0.2) is 28.9 Å². The SMILES string of the molecule is O=C(c1cccc2cn[nH]c12)N1CCC[C@@H]1c1noc(C2CC2)n1. The Morgan fingerprint density at radius 2 is 2.21 bits per heavy atom. The van der Waals surface area contributed by atoms with Crippen LogP contribution in [0.1, 0.15) is 59.7 Å². The molecule has 2 aromatic heterocycles. The van der Waals surface area contributed by atoms with Crippen molar-refractivity contribution in [3.05, 3.63) is 41.7 Å². The largest absolute Gasteiger partial charge is 0.339 e. The number of carbonyl (C=O) groups is 1. The van der Waals surface area contributed by atoms with Gasteiger partial charge in [-0.25, -0.2) is 0 Å². The first-order chi connectivity index (χ1) is 11.8. The van der Waals surface area contributed by atoms with Crippen molar-refractivity contribution >= 4 is 16.8 Å². The zero-order valence-corrected chi connectivity index (χ0v) is 13.1. The van der Waals surface area contributed by atoms with Crippen molar-refractivity contribution in [2.75, 3.05) is 6.54 Å². The number of fused-ring (bicyclic) bond motifs is 1. The molecule has 1 saturated carbocycles. The molecule has 0 spiro atoms. The van der Waals surface area contributed by atoms with Crippen molar-refractivity contribution in [1.82, 2.24) is 25.2 Å². The van der Waals surface area contributed by atoms with Crippen LogP contribution in [0.2, 0.25) is 0 Å². The Morgan fingerprint density at radius 3 is 3.08 bits per heavy atom. The topological polar surface area (TPSA) is 87.9 Å². The molecular weight excluding hydrogens is 306 g/mol. The van der Waals surface area contributed by atoms with Crippen LogP contribution in [0.5, 0.6) is 0 Å². The molecule has 0 bridgehead atoms. The van der Waals surface area contributed by atoms with E-state index in [1.54, 1.807) is 6.20 Å². The highest BCUT2D eigenvalue weighted by Crippen LogP contribution is 2.40. The summed E-state index contributed by atoms with van der Waals surface area (Å²) in [7, 11) is 0. The molecule has 2 aliphatic rings. The third-order valence-electron chi connectivity index (χ3n) is 4.90. The highest BCUT2D eigenvalue weighted by Gasteiger charge is 2.36. The van der Waals surface area contributed by atoms with Crippen LogP contribution in [0, 0.1) is 0 Å². The number of carbonyl (C=O) groups excluding carboxylic acids is 1. The quantitative estimate of drug-likeness (QED) is 0.800. The molecule has 1 aromatic carbocycles. The maximum Gasteiger partial charge on any atom is 0.256 e. The monoisotopic (exact) mass is 323 g/mol. The molecule has 1 aliphatic carbocycles. The minimum absolute atomic E-state index is 0.00915. The molecule has 0 unspecified atom stereocenters. The van der Waals surface area contributed by atoms with Crippen LogP contribution in [0.25, 0.3) is 10.9 Å². The van der Waals surface area contributed by atoms with Crippen molar-refractivity contribution < 1.29 is 9.32 Å². The zero-order chi connectivity index (χ0) is 16.1. The second-order valence-electron chi connectivity index (χ2n) is 6.56. The molecule has 3 heterocycles. The van der Waals surface area contributed by atoms with E-state index in [1.807, 2.05) is 23.1 Å². The number of nitrogens with zero attached hydrogens (tertiary/aromatic N) is 4. The van der Waals surface area contributed by atoms with Gasteiger partial charge in [-0.2, -0.15) is 10.1 Å². The first-order valence-corrected chi connectivity index (χ1v) is 8.38. The minimum atomic E-state index is -0.105. The van der Waals surface area contributed by atoms with Crippen LogP contribution in [0.4, 0.5) is 0 Å². The van der Waals surface area contributed by atoms with E-state index in [0.717, 1.165) is 42.5 Å². The summed E-state index contributed by atoms with van der Waals surface area (Å²) in [5.41, 5.74) is 1.42. The molecule has 122 valence electrons. The second kappa shape index (κ2) is 5.15. The maximum absolute atomic E-state index is 13.1. The Balaban J connectivity index is 1.47. The van der Waals surface area contributed by atoms with E-state index in [0.29, 0.717) is 23.9 Å². The summed E-state index contributed by atoms with van der Waals surface area (Å²) < 4.78 is 5.38. The van der Waals surface area contributed by atoms with Crippen LogP contribution >= 0.6 is 0 Å². The van der Waals surface area contributed by atoms with Crippen molar-refractivity contribution in [3.63, 3.8) is 0 Å². The van der Waals surface area contributed by atoms with Gasteiger partial charge in [-0.3, -0.25) is 9.89 Å². The molecule has 7 heteroatoms. The van der Waals surface area contributed by atoms with Crippen LogP contribution in [-0.2, 0) is 0 Å². The third-order valence-corrected chi connectivity index (χ3v) is 4.90. The normalized spacial score (nSPS) is 20.8. The molecule has 1 amide bonds. The molecule has 5 rings (SSSR count). The third kappa shape index (κ3) is 2.11. The molecular formula is C17H17N5O2. The number of aromatic nitrogens is 4. The summed E-state index contributed by atoms with van der Waals surface area (Å²) in [6, 6.07) is 5.56. The summed E-state index contributed by atoms with van der Waals surface area (Å²) in [5, 5.41) is 12.0. The van der Waals surface area contributed by atoms with E-state index in [9.17, 15) is 4.79 Å². The average Bonchev–Trinajstić information content (AvgIpc) is 3.06. The summed E-state index contributed by atoms with van der Waals surface area (Å²) in [5.74, 6) is 1.78. The molecule has 2 fully saturated rings. The first kappa shape index (κ1) is 13.7. The molecule has 1 aliphatic heterocycles. The molecule has 3 aromatic rings. The van der Waals surface area contributed by atoms with Crippen LogP contribution in [-0.4, -0.2) is 37.7 Å². The summed E-state index contributed by atoms with van der Waals surface area (Å²) in [6.07, 6.45) is 5.79. The molecule has 7 nitrogen and oxygen atoms in total. The number of para-hydroxylation sites is 1. The van der Waals surface area contributed by atoms with Crippen molar-refractivity contribution in [1.29, 1.82) is 0 Å². The number of benzene rings is 1. The molecule has 24 heavy (non-hydrogen) atoms. The number of hydrogen-bond donors (Lipinski definition) is 1. The molecule has 1 saturated heterocycles. The van der Waals surface area contributed by atoms with Gasteiger partial charge in [0.25, 0.3) is 5.91 Å². The predicted molar refractivity (Wildman–Crippen MR) is 85.4 cm³/mol. The predicted octanol–water partition coefficient (Wildman–Crippen LogP) is 2.80. The number of likely N-dealkylation sites (tertiary alicyclic amines) is 1. The minimum Gasteiger partial charge on any atom is -0.339 e. The van der Waals surface area contributed by atoms with Crippen molar-refractivity contribution in [2.45, 2.75) is 37.6 Å². The number of aromatic amines is 1. The number of amides is 1. The Labute approximate surface area is 138 Å². The van der Waals surface area contributed by atoms with Gasteiger partial charge in [-0.05, 0) is 31.7 Å². The number of rotatable bonds is 3. The Kier molecular flexibility index (Phi) is 2.95. The highest BCUT2D eigenvalue weighted by atomic mass is 16.5. The number of H-pyrrole nitrogens is 1. The summed E-state index contributed by atoms with van der Waals surface area (Å²) >= 11 is 0. The van der Waals surface area contributed by atoms with E-state index in [-0.39, 0.29) is 11.9 Å². The first-order valence-electron chi connectivity index (χ1n) is 8.38. The lowest BCUT2D eigenvalue weighted by Crippen LogP contribution is -2.31. The Hall–Kier alpha value is -2.70. The smallest absolute Gasteiger partial charge is 0.256 e. The molecule has 1 N–H and O–H groups in total. The Morgan fingerprint density at radius 1 is 1.29 bits per heavy atom. The van der Waals surface area contributed by atoms with Gasteiger partial charge in [0.1, 0.15) is 0 Å². The molecule has 1 atom stereocenters. The number of hydrogen-bond acceptors (Lipinski definition) is 5. The van der Waals surface area contributed by atoms with E-state index in [2.05, 4.69) is 20.3 Å². The lowest BCUT2D eigenvalue weighted by atomic mass is 10.1. The summed E-state index contributed by atoms with van der Waals surface area (Å²) in [6.45, 7) is 0.710. The maximum atomic E-state index is 13.1. The lowest BCUT2D eigenvalue weighted by molar-refractivity contribution is 0.0730. The standard InChI is InChI=1S/C17H17N5O2/c23-17(12-4-1-3-11-9-18-20-14(11)12)22-8-2-5-13(22)15-19-16(24-21-15)10-6-7-10/h1,3-4,9-10,13H,2,5-8H2,(H,18,20)/t13-/m1/s1. The van der Waals surface area contributed by atoms with Gasteiger partial charge in [0.2, 0.25) is 5.89 Å². The van der Waals surface area contributed by atoms with Crippen molar-refractivity contribution in [2.24, 2.45) is 0 Å². The van der Waals surface area contributed by atoms with Gasteiger partial charge in [-0.15, -0.1) is 0 Å². The summed E-state index contributed by atoms with van der Waals surface area (Å²) in [4.78, 5) is 19.5.